The van der Waals surface area contributed by atoms with Gasteiger partial charge in [0.1, 0.15) is 0 Å². The molecule has 0 aliphatic carbocycles. The summed E-state index contributed by atoms with van der Waals surface area (Å²) < 4.78 is 0. The van der Waals surface area contributed by atoms with Crippen LogP contribution in [0.4, 0.5) is 5.69 Å². The summed E-state index contributed by atoms with van der Waals surface area (Å²) in [4.78, 5) is 25.8. The molecule has 0 bridgehead atoms. The van der Waals surface area contributed by atoms with Crippen LogP contribution in [-0.2, 0) is 16.0 Å². The maximum Gasteiger partial charge on any atom is 0.224 e. The van der Waals surface area contributed by atoms with E-state index >= 15 is 0 Å². The Hall–Kier alpha value is -2.33. The number of aryl methyl sites for hydroxylation is 2. The molecule has 0 aliphatic heterocycles. The van der Waals surface area contributed by atoms with E-state index in [-0.39, 0.29) is 11.8 Å². The fourth-order valence-electron chi connectivity index (χ4n) is 2.62. The van der Waals surface area contributed by atoms with E-state index in [2.05, 4.69) is 5.32 Å². The molecular formula is C20H23ClN2O2. The lowest BCUT2D eigenvalue weighted by molar-refractivity contribution is -0.121. The molecule has 132 valence electrons. The Kier molecular flexibility index (Phi) is 6.59. The average Bonchev–Trinajstić information content (AvgIpc) is 2.56. The quantitative estimate of drug-likeness (QED) is 0.856. The van der Waals surface area contributed by atoms with Gasteiger partial charge >= 0.3 is 0 Å². The zero-order chi connectivity index (χ0) is 18.4. The first-order chi connectivity index (χ1) is 11.9. The summed E-state index contributed by atoms with van der Waals surface area (Å²) in [5.74, 6) is -0.118. The van der Waals surface area contributed by atoms with Gasteiger partial charge in [-0.25, -0.2) is 0 Å². The number of hydrogen-bond donors (Lipinski definition) is 1. The molecule has 4 nitrogen and oxygen atoms in total. The Morgan fingerprint density at radius 1 is 1.08 bits per heavy atom. The van der Waals surface area contributed by atoms with Crippen molar-refractivity contribution in [1.82, 2.24) is 5.32 Å². The van der Waals surface area contributed by atoms with Crippen molar-refractivity contribution in [3.63, 3.8) is 0 Å². The summed E-state index contributed by atoms with van der Waals surface area (Å²) in [6.45, 7) is 6.35. The van der Waals surface area contributed by atoms with Gasteiger partial charge in [-0.3, -0.25) is 9.59 Å². The van der Waals surface area contributed by atoms with Crippen LogP contribution in [0.1, 0.15) is 23.6 Å². The summed E-state index contributed by atoms with van der Waals surface area (Å²) >= 11 is 5.84. The van der Waals surface area contributed by atoms with Crippen molar-refractivity contribution < 1.29 is 9.59 Å². The van der Waals surface area contributed by atoms with Crippen LogP contribution in [0.3, 0.4) is 0 Å². The second kappa shape index (κ2) is 8.67. The van der Waals surface area contributed by atoms with Gasteiger partial charge in [0.15, 0.2) is 0 Å². The van der Waals surface area contributed by atoms with E-state index in [1.165, 1.54) is 6.92 Å². The van der Waals surface area contributed by atoms with E-state index in [1.54, 1.807) is 17.0 Å². The van der Waals surface area contributed by atoms with Crippen LogP contribution < -0.4 is 10.2 Å². The number of carbonyl (C=O) groups is 2. The van der Waals surface area contributed by atoms with Gasteiger partial charge in [-0.05, 0) is 48.7 Å². The minimum atomic E-state index is -0.0770. The van der Waals surface area contributed by atoms with Crippen LogP contribution >= 0.6 is 11.6 Å². The van der Waals surface area contributed by atoms with Crippen molar-refractivity contribution >= 4 is 29.1 Å². The van der Waals surface area contributed by atoms with Gasteiger partial charge in [-0.15, -0.1) is 0 Å². The average molecular weight is 359 g/mol. The Bertz CT molecular complexity index is 757. The normalized spacial score (nSPS) is 10.4. The molecule has 0 radical (unpaired) electrons. The predicted molar refractivity (Wildman–Crippen MR) is 102 cm³/mol. The zero-order valence-corrected chi connectivity index (χ0v) is 15.6. The van der Waals surface area contributed by atoms with Gasteiger partial charge in [0, 0.05) is 30.7 Å². The molecule has 0 saturated heterocycles. The van der Waals surface area contributed by atoms with E-state index in [4.69, 9.17) is 11.6 Å². The number of nitrogens with one attached hydrogen (secondary N) is 1. The van der Waals surface area contributed by atoms with Crippen molar-refractivity contribution in [1.29, 1.82) is 0 Å². The maximum atomic E-state index is 12.1. The third kappa shape index (κ3) is 5.61. The van der Waals surface area contributed by atoms with Crippen molar-refractivity contribution in [2.75, 3.05) is 18.0 Å². The van der Waals surface area contributed by atoms with Crippen LogP contribution in [0.25, 0.3) is 0 Å². The molecule has 0 heterocycles. The molecule has 5 heteroatoms. The molecule has 0 fully saturated rings. The molecule has 2 aromatic rings. The minimum absolute atomic E-state index is 0.0411. The molecule has 2 amide bonds. The Balaban J connectivity index is 1.93. The molecule has 2 rings (SSSR count). The number of hydrogen-bond acceptors (Lipinski definition) is 2. The molecule has 25 heavy (non-hydrogen) atoms. The highest BCUT2D eigenvalue weighted by Crippen LogP contribution is 2.21. The maximum absolute atomic E-state index is 12.1. The van der Waals surface area contributed by atoms with Crippen LogP contribution in [0, 0.1) is 13.8 Å². The highest BCUT2D eigenvalue weighted by Gasteiger charge is 2.14. The number of anilines is 1. The topological polar surface area (TPSA) is 49.4 Å². The predicted octanol–water partition coefficient (Wildman–Crippen LogP) is 3.67. The Labute approximate surface area is 153 Å². The van der Waals surface area contributed by atoms with E-state index in [0.29, 0.717) is 24.5 Å². The van der Waals surface area contributed by atoms with Crippen molar-refractivity contribution in [2.24, 2.45) is 0 Å². The van der Waals surface area contributed by atoms with Crippen molar-refractivity contribution in [2.45, 2.75) is 27.2 Å². The highest BCUT2D eigenvalue weighted by molar-refractivity contribution is 6.30. The minimum Gasteiger partial charge on any atom is -0.354 e. The first kappa shape index (κ1) is 19.0. The van der Waals surface area contributed by atoms with Gasteiger partial charge < -0.3 is 10.2 Å². The van der Waals surface area contributed by atoms with Crippen LogP contribution in [-0.4, -0.2) is 24.9 Å². The monoisotopic (exact) mass is 358 g/mol. The molecule has 0 aliphatic rings. The van der Waals surface area contributed by atoms with Crippen LogP contribution in [0.15, 0.2) is 42.5 Å². The van der Waals surface area contributed by atoms with E-state index in [0.717, 1.165) is 22.4 Å². The number of carbonyl (C=O) groups excluding carboxylic acids is 2. The fraction of sp³-hybridized carbons (Fsp3) is 0.300. The molecule has 0 saturated carbocycles. The number of rotatable bonds is 6. The van der Waals surface area contributed by atoms with E-state index in [1.807, 2.05) is 44.2 Å². The summed E-state index contributed by atoms with van der Waals surface area (Å²) in [6, 6.07) is 13.2. The molecule has 0 unspecified atom stereocenters. The third-order valence-electron chi connectivity index (χ3n) is 3.97. The second-order valence-corrected chi connectivity index (χ2v) is 6.55. The molecule has 0 aromatic heterocycles. The molecular weight excluding hydrogens is 336 g/mol. The van der Waals surface area contributed by atoms with E-state index < -0.39 is 0 Å². The van der Waals surface area contributed by atoms with Crippen LogP contribution in [0.2, 0.25) is 5.02 Å². The standard InChI is InChI=1S/C20H23ClN2O2/c1-14-4-5-15(2)19(12-14)23(16(3)24)11-10-22-20(25)13-17-6-8-18(21)9-7-17/h4-9,12H,10-11,13H2,1-3H3,(H,22,25). The lowest BCUT2D eigenvalue weighted by Gasteiger charge is -2.23. The largest absolute Gasteiger partial charge is 0.354 e. The Morgan fingerprint density at radius 2 is 1.76 bits per heavy atom. The first-order valence-corrected chi connectivity index (χ1v) is 8.61. The Morgan fingerprint density at radius 3 is 2.40 bits per heavy atom. The van der Waals surface area contributed by atoms with Crippen molar-refractivity contribution in [3.05, 3.63) is 64.2 Å². The fourth-order valence-corrected chi connectivity index (χ4v) is 2.74. The number of amides is 2. The molecule has 0 spiro atoms. The van der Waals surface area contributed by atoms with Gasteiger partial charge in [0.05, 0.1) is 6.42 Å². The molecule has 1 N–H and O–H groups in total. The lowest BCUT2D eigenvalue weighted by atomic mass is 10.1. The highest BCUT2D eigenvalue weighted by atomic mass is 35.5. The van der Waals surface area contributed by atoms with Gasteiger partial charge in [0.25, 0.3) is 0 Å². The number of nitrogens with zero attached hydrogens (tertiary/aromatic N) is 1. The number of benzene rings is 2. The van der Waals surface area contributed by atoms with Crippen molar-refractivity contribution in [3.8, 4) is 0 Å². The summed E-state index contributed by atoms with van der Waals surface area (Å²) in [7, 11) is 0. The first-order valence-electron chi connectivity index (χ1n) is 8.23. The van der Waals surface area contributed by atoms with Gasteiger partial charge in [-0.1, -0.05) is 35.9 Å². The zero-order valence-electron chi connectivity index (χ0n) is 14.8. The molecule has 0 atom stereocenters. The third-order valence-corrected chi connectivity index (χ3v) is 4.22. The van der Waals surface area contributed by atoms with E-state index in [9.17, 15) is 9.59 Å². The summed E-state index contributed by atoms with van der Waals surface area (Å²) in [5.41, 5.74) is 3.92. The van der Waals surface area contributed by atoms with Crippen LogP contribution in [0.5, 0.6) is 0 Å². The summed E-state index contributed by atoms with van der Waals surface area (Å²) in [5, 5.41) is 3.52. The molecule has 2 aromatic carbocycles. The van der Waals surface area contributed by atoms with Gasteiger partial charge in [-0.2, -0.15) is 0 Å². The second-order valence-electron chi connectivity index (χ2n) is 6.11. The SMILES string of the molecule is CC(=O)N(CCNC(=O)Cc1ccc(Cl)cc1)c1cc(C)ccc1C. The smallest absolute Gasteiger partial charge is 0.224 e. The lowest BCUT2D eigenvalue weighted by Crippen LogP contribution is -2.38. The number of halogens is 1. The summed E-state index contributed by atoms with van der Waals surface area (Å²) in [6.07, 6.45) is 0.292. The van der Waals surface area contributed by atoms with Gasteiger partial charge in [0.2, 0.25) is 11.8 Å².